The fourth-order valence-corrected chi connectivity index (χ4v) is 2.78. The van der Waals surface area contributed by atoms with E-state index in [1.165, 1.54) is 26.2 Å². The molecule has 0 aromatic heterocycles. The van der Waals surface area contributed by atoms with Crippen molar-refractivity contribution in [2.24, 2.45) is 5.92 Å². The van der Waals surface area contributed by atoms with Crippen LogP contribution in [0.25, 0.3) is 0 Å². The van der Waals surface area contributed by atoms with Crippen molar-refractivity contribution < 1.29 is 27.8 Å². The fraction of sp³-hybridized carbons (Fsp3) is 0.333. The second kappa shape index (κ2) is 10.2. The zero-order chi connectivity index (χ0) is 22.4. The minimum absolute atomic E-state index is 0.0814. The van der Waals surface area contributed by atoms with E-state index < -0.39 is 23.4 Å². The third-order valence-corrected chi connectivity index (χ3v) is 4.33. The van der Waals surface area contributed by atoms with Crippen LogP contribution in [0.3, 0.4) is 0 Å². The lowest BCUT2D eigenvalue weighted by atomic mass is 10.1. The number of methoxy groups -OCH3 is 1. The van der Waals surface area contributed by atoms with Gasteiger partial charge in [0.05, 0.1) is 30.1 Å². The third kappa shape index (κ3) is 6.06. The topological polar surface area (TPSA) is 76.7 Å². The Labute approximate surface area is 178 Å². The number of carbonyl (C=O) groups is 2. The highest BCUT2D eigenvalue weighted by Crippen LogP contribution is 2.37. The standard InChI is InChI=1S/C21H23ClF2N2O4/c1-11(2)5-6-30-20-14(22)7-13(8-19(20)29-4)21(28)26-18-10-17(25-12(3)27)15(23)9-16(18)24/h7-11H,5-6H2,1-4H3,(H,25,27)(H,26,28). The first-order valence-corrected chi connectivity index (χ1v) is 9.58. The van der Waals surface area contributed by atoms with Crippen LogP contribution in [0.1, 0.15) is 37.6 Å². The summed E-state index contributed by atoms with van der Waals surface area (Å²) in [7, 11) is 1.40. The minimum Gasteiger partial charge on any atom is -0.493 e. The SMILES string of the molecule is COc1cc(C(=O)Nc2cc(NC(C)=O)c(F)cc2F)cc(Cl)c1OCCC(C)C. The fourth-order valence-electron chi connectivity index (χ4n) is 2.51. The maximum Gasteiger partial charge on any atom is 0.255 e. The van der Waals surface area contributed by atoms with Crippen LogP contribution in [0.5, 0.6) is 11.5 Å². The Morgan fingerprint density at radius 3 is 2.27 bits per heavy atom. The molecule has 0 atom stereocenters. The molecule has 0 bridgehead atoms. The van der Waals surface area contributed by atoms with Crippen molar-refractivity contribution in [3.8, 4) is 11.5 Å². The van der Waals surface area contributed by atoms with E-state index in [1.807, 2.05) is 0 Å². The second-order valence-corrected chi connectivity index (χ2v) is 7.37. The third-order valence-electron chi connectivity index (χ3n) is 4.05. The number of ether oxygens (including phenoxy) is 2. The van der Waals surface area contributed by atoms with Crippen molar-refractivity contribution in [3.63, 3.8) is 0 Å². The lowest BCUT2D eigenvalue weighted by molar-refractivity contribution is -0.114. The molecule has 0 fully saturated rings. The van der Waals surface area contributed by atoms with Crippen LogP contribution >= 0.6 is 11.6 Å². The van der Waals surface area contributed by atoms with Gasteiger partial charge in [0.25, 0.3) is 5.91 Å². The van der Waals surface area contributed by atoms with Crippen molar-refractivity contribution in [1.29, 1.82) is 0 Å². The highest BCUT2D eigenvalue weighted by atomic mass is 35.5. The molecule has 0 unspecified atom stereocenters. The Morgan fingerprint density at radius 2 is 1.70 bits per heavy atom. The summed E-state index contributed by atoms with van der Waals surface area (Å²) < 4.78 is 38.8. The molecule has 2 aromatic carbocycles. The van der Waals surface area contributed by atoms with Gasteiger partial charge in [-0.15, -0.1) is 0 Å². The van der Waals surface area contributed by atoms with Crippen LogP contribution in [0.4, 0.5) is 20.2 Å². The average molecular weight is 441 g/mol. The number of benzene rings is 2. The summed E-state index contributed by atoms with van der Waals surface area (Å²) in [6.07, 6.45) is 0.808. The van der Waals surface area contributed by atoms with E-state index in [2.05, 4.69) is 24.5 Å². The second-order valence-electron chi connectivity index (χ2n) is 6.97. The maximum atomic E-state index is 14.1. The average Bonchev–Trinajstić information content (AvgIpc) is 2.65. The monoisotopic (exact) mass is 440 g/mol. The van der Waals surface area contributed by atoms with E-state index >= 15 is 0 Å². The Bertz CT molecular complexity index is 951. The molecule has 2 rings (SSSR count). The predicted molar refractivity (Wildman–Crippen MR) is 112 cm³/mol. The van der Waals surface area contributed by atoms with E-state index in [-0.39, 0.29) is 27.7 Å². The molecule has 0 aliphatic heterocycles. The van der Waals surface area contributed by atoms with Gasteiger partial charge in [0.15, 0.2) is 11.5 Å². The molecule has 2 N–H and O–H groups in total. The van der Waals surface area contributed by atoms with E-state index in [4.69, 9.17) is 21.1 Å². The molecule has 2 aromatic rings. The summed E-state index contributed by atoms with van der Waals surface area (Å²) in [4.78, 5) is 23.8. The summed E-state index contributed by atoms with van der Waals surface area (Å²) in [6.45, 7) is 5.72. The largest absolute Gasteiger partial charge is 0.493 e. The van der Waals surface area contributed by atoms with Gasteiger partial charge in [0.1, 0.15) is 11.6 Å². The van der Waals surface area contributed by atoms with Gasteiger partial charge in [0, 0.05) is 18.6 Å². The van der Waals surface area contributed by atoms with E-state index in [1.54, 1.807) is 0 Å². The Kier molecular flexibility index (Phi) is 8.00. The number of rotatable bonds is 8. The molecule has 0 radical (unpaired) electrons. The predicted octanol–water partition coefficient (Wildman–Crippen LogP) is 5.26. The first-order chi connectivity index (χ1) is 14.1. The summed E-state index contributed by atoms with van der Waals surface area (Å²) in [6, 6.07) is 4.33. The van der Waals surface area contributed by atoms with Crippen LogP contribution in [0.2, 0.25) is 5.02 Å². The first kappa shape index (κ1) is 23.4. The first-order valence-electron chi connectivity index (χ1n) is 9.20. The maximum absolute atomic E-state index is 14.1. The van der Waals surface area contributed by atoms with Crippen molar-refractivity contribution in [2.75, 3.05) is 24.4 Å². The summed E-state index contributed by atoms with van der Waals surface area (Å²) in [5.41, 5.74) is -0.487. The van der Waals surface area contributed by atoms with Crippen molar-refractivity contribution in [3.05, 3.63) is 46.5 Å². The number of halogens is 3. The molecular weight excluding hydrogens is 418 g/mol. The van der Waals surface area contributed by atoms with Gasteiger partial charge in [-0.2, -0.15) is 0 Å². The Balaban J connectivity index is 2.27. The van der Waals surface area contributed by atoms with Gasteiger partial charge in [0.2, 0.25) is 5.91 Å². The molecule has 0 saturated heterocycles. The lowest BCUT2D eigenvalue weighted by Crippen LogP contribution is -2.15. The quantitative estimate of drug-likeness (QED) is 0.586. The van der Waals surface area contributed by atoms with Gasteiger partial charge >= 0.3 is 0 Å². The Morgan fingerprint density at radius 1 is 1.07 bits per heavy atom. The van der Waals surface area contributed by atoms with E-state index in [0.717, 1.165) is 12.5 Å². The summed E-state index contributed by atoms with van der Waals surface area (Å²) in [5, 5.41) is 4.72. The zero-order valence-corrected chi connectivity index (χ0v) is 17.8. The molecule has 2 amide bonds. The van der Waals surface area contributed by atoms with Gasteiger partial charge in [-0.05, 0) is 30.5 Å². The van der Waals surface area contributed by atoms with Crippen LogP contribution in [-0.4, -0.2) is 25.5 Å². The highest BCUT2D eigenvalue weighted by Gasteiger charge is 2.18. The minimum atomic E-state index is -0.998. The van der Waals surface area contributed by atoms with Gasteiger partial charge in [-0.25, -0.2) is 8.78 Å². The molecule has 0 aliphatic rings. The van der Waals surface area contributed by atoms with Crippen molar-refractivity contribution in [1.82, 2.24) is 0 Å². The molecule has 0 saturated carbocycles. The smallest absolute Gasteiger partial charge is 0.255 e. The number of amides is 2. The number of carbonyl (C=O) groups excluding carboxylic acids is 2. The van der Waals surface area contributed by atoms with Crippen molar-refractivity contribution in [2.45, 2.75) is 27.2 Å². The zero-order valence-electron chi connectivity index (χ0n) is 17.1. The molecule has 9 heteroatoms. The number of hydrogen-bond acceptors (Lipinski definition) is 4. The summed E-state index contributed by atoms with van der Waals surface area (Å²) >= 11 is 6.25. The van der Waals surface area contributed by atoms with Crippen LogP contribution in [0, 0.1) is 17.6 Å². The van der Waals surface area contributed by atoms with Gasteiger partial charge in [-0.1, -0.05) is 25.4 Å². The molecule has 30 heavy (non-hydrogen) atoms. The number of nitrogens with one attached hydrogen (secondary N) is 2. The highest BCUT2D eigenvalue weighted by molar-refractivity contribution is 6.32. The van der Waals surface area contributed by atoms with E-state index in [0.29, 0.717) is 24.3 Å². The molecule has 0 aliphatic carbocycles. The summed E-state index contributed by atoms with van der Waals surface area (Å²) in [5.74, 6) is -2.22. The normalized spacial score (nSPS) is 10.7. The van der Waals surface area contributed by atoms with Crippen LogP contribution in [-0.2, 0) is 4.79 Å². The molecule has 0 heterocycles. The molecular formula is C21H23ClF2N2O4. The Hall–Kier alpha value is -2.87. The molecule has 162 valence electrons. The van der Waals surface area contributed by atoms with Crippen LogP contribution < -0.4 is 20.1 Å². The van der Waals surface area contributed by atoms with E-state index in [9.17, 15) is 18.4 Å². The number of hydrogen-bond donors (Lipinski definition) is 2. The lowest BCUT2D eigenvalue weighted by Gasteiger charge is -2.15. The van der Waals surface area contributed by atoms with Gasteiger partial charge < -0.3 is 20.1 Å². The van der Waals surface area contributed by atoms with Crippen LogP contribution in [0.15, 0.2) is 24.3 Å². The van der Waals surface area contributed by atoms with Gasteiger partial charge in [-0.3, -0.25) is 9.59 Å². The molecule has 6 nitrogen and oxygen atoms in total. The molecule has 0 spiro atoms. The van der Waals surface area contributed by atoms with Crippen molar-refractivity contribution >= 4 is 34.8 Å². The number of anilines is 2.